The first-order valence-corrected chi connectivity index (χ1v) is 6.78. The summed E-state index contributed by atoms with van der Waals surface area (Å²) in [6, 6.07) is -0.0227. The van der Waals surface area contributed by atoms with Gasteiger partial charge in [-0.15, -0.1) is 5.10 Å². The maximum absolute atomic E-state index is 11.9. The molecule has 94 valence electrons. The maximum Gasteiger partial charge on any atom is 0.237 e. The Hall–Kier alpha value is -1.01. The van der Waals surface area contributed by atoms with E-state index in [4.69, 9.17) is 0 Å². The lowest BCUT2D eigenvalue weighted by Gasteiger charge is -2.35. The van der Waals surface area contributed by atoms with Crippen LogP contribution in [0.4, 0.5) is 0 Å². The molecule has 1 N–H and O–H groups in total. The smallest absolute Gasteiger partial charge is 0.237 e. The van der Waals surface area contributed by atoms with Gasteiger partial charge in [0.1, 0.15) is 0 Å². The van der Waals surface area contributed by atoms with Gasteiger partial charge in [0.15, 0.2) is 0 Å². The van der Waals surface area contributed by atoms with Gasteiger partial charge >= 0.3 is 0 Å². The fourth-order valence-corrected chi connectivity index (χ4v) is 2.56. The first kappa shape index (κ1) is 12.4. The van der Waals surface area contributed by atoms with Crippen molar-refractivity contribution in [2.24, 2.45) is 5.92 Å². The van der Waals surface area contributed by atoms with Crippen molar-refractivity contribution >= 4 is 17.4 Å². The number of hydrogen-bond donors (Lipinski definition) is 1. The minimum Gasteiger partial charge on any atom is -0.353 e. The predicted molar refractivity (Wildman–Crippen MR) is 66.6 cm³/mol. The molecular weight excluding hydrogens is 236 g/mol. The Bertz CT molecular complexity index is 366. The highest BCUT2D eigenvalue weighted by Gasteiger charge is 2.30. The van der Waals surface area contributed by atoms with Crippen LogP contribution in [0.5, 0.6) is 0 Å². The number of piperazine rings is 1. The zero-order valence-corrected chi connectivity index (χ0v) is 11.0. The molecule has 0 aromatic carbocycles. The summed E-state index contributed by atoms with van der Waals surface area (Å²) in [6.07, 6.45) is 0.892. The molecule has 1 aliphatic heterocycles. The lowest BCUT2D eigenvalue weighted by atomic mass is 10.00. The summed E-state index contributed by atoms with van der Waals surface area (Å²) in [5.74, 6) is 0.660. The van der Waals surface area contributed by atoms with Gasteiger partial charge in [0.25, 0.3) is 0 Å². The Kier molecular flexibility index (Phi) is 4.06. The highest BCUT2D eigenvalue weighted by molar-refractivity contribution is 7.03. The van der Waals surface area contributed by atoms with Crippen molar-refractivity contribution in [3.63, 3.8) is 0 Å². The third-order valence-corrected chi connectivity index (χ3v) is 3.46. The quantitative estimate of drug-likeness (QED) is 0.867. The van der Waals surface area contributed by atoms with Crippen molar-refractivity contribution in [1.29, 1.82) is 0 Å². The van der Waals surface area contributed by atoms with E-state index in [2.05, 4.69) is 33.7 Å². The van der Waals surface area contributed by atoms with Gasteiger partial charge in [0, 0.05) is 25.0 Å². The molecule has 0 unspecified atom stereocenters. The first-order chi connectivity index (χ1) is 8.16. The lowest BCUT2D eigenvalue weighted by Crippen LogP contribution is -2.55. The van der Waals surface area contributed by atoms with E-state index in [1.54, 1.807) is 0 Å². The summed E-state index contributed by atoms with van der Waals surface area (Å²) in [4.78, 5) is 14.1. The van der Waals surface area contributed by atoms with E-state index in [0.717, 1.165) is 31.7 Å². The molecule has 0 radical (unpaired) electrons. The summed E-state index contributed by atoms with van der Waals surface area (Å²) in [7, 11) is 0. The first-order valence-electron chi connectivity index (χ1n) is 5.94. The van der Waals surface area contributed by atoms with Crippen molar-refractivity contribution < 1.29 is 4.79 Å². The van der Waals surface area contributed by atoms with E-state index in [-0.39, 0.29) is 11.9 Å². The summed E-state index contributed by atoms with van der Waals surface area (Å²) >= 11 is 1.36. The van der Waals surface area contributed by atoms with Crippen LogP contribution in [0, 0.1) is 5.92 Å². The van der Waals surface area contributed by atoms with Gasteiger partial charge in [0.2, 0.25) is 5.91 Å². The van der Waals surface area contributed by atoms with Gasteiger partial charge in [-0.25, -0.2) is 0 Å². The van der Waals surface area contributed by atoms with Gasteiger partial charge in [-0.1, -0.05) is 18.3 Å². The second-order valence-corrected chi connectivity index (χ2v) is 5.41. The minimum atomic E-state index is -0.0227. The highest BCUT2D eigenvalue weighted by atomic mass is 32.1. The van der Waals surface area contributed by atoms with Crippen LogP contribution in [-0.2, 0) is 11.3 Å². The summed E-state index contributed by atoms with van der Waals surface area (Å²) < 4.78 is 3.86. The standard InChI is InChI=1S/C11H18N4OS/c1-8(2)5-10-11(16)12-3-4-15(10)6-9-7-17-14-13-9/h7-8,10H,3-6H2,1-2H3,(H,12,16)/t10-/m0/s1. The Balaban J connectivity index is 2.04. The van der Waals surface area contributed by atoms with E-state index in [0.29, 0.717) is 5.92 Å². The molecule has 1 fully saturated rings. The molecule has 1 aromatic heterocycles. The molecule has 2 rings (SSSR count). The number of rotatable bonds is 4. The highest BCUT2D eigenvalue weighted by Crippen LogP contribution is 2.16. The van der Waals surface area contributed by atoms with Crippen LogP contribution in [0.2, 0.25) is 0 Å². The van der Waals surface area contributed by atoms with Crippen LogP contribution >= 0.6 is 11.5 Å². The molecular formula is C11H18N4OS. The number of amides is 1. The minimum absolute atomic E-state index is 0.0227. The van der Waals surface area contributed by atoms with Crippen molar-refractivity contribution in [1.82, 2.24) is 19.8 Å². The molecule has 0 bridgehead atoms. The zero-order valence-electron chi connectivity index (χ0n) is 10.2. The van der Waals surface area contributed by atoms with Crippen molar-refractivity contribution in [2.75, 3.05) is 13.1 Å². The topological polar surface area (TPSA) is 58.1 Å². The molecule has 1 amide bonds. The molecule has 17 heavy (non-hydrogen) atoms. The summed E-state index contributed by atoms with van der Waals surface area (Å²) in [6.45, 7) is 6.63. The largest absolute Gasteiger partial charge is 0.353 e. The fraction of sp³-hybridized carbons (Fsp3) is 0.727. The van der Waals surface area contributed by atoms with E-state index in [1.165, 1.54) is 11.5 Å². The monoisotopic (exact) mass is 254 g/mol. The third kappa shape index (κ3) is 3.23. The molecule has 2 heterocycles. The van der Waals surface area contributed by atoms with Crippen LogP contribution in [0.3, 0.4) is 0 Å². The van der Waals surface area contributed by atoms with Crippen LogP contribution < -0.4 is 5.32 Å². The molecule has 0 saturated carbocycles. The molecule has 1 atom stereocenters. The third-order valence-electron chi connectivity index (χ3n) is 2.91. The van der Waals surface area contributed by atoms with Crippen LogP contribution in [-0.4, -0.2) is 39.5 Å². The van der Waals surface area contributed by atoms with Crippen molar-refractivity contribution in [3.8, 4) is 0 Å². The Morgan fingerprint density at radius 1 is 1.65 bits per heavy atom. The van der Waals surface area contributed by atoms with Gasteiger partial charge in [-0.2, -0.15) is 0 Å². The van der Waals surface area contributed by atoms with E-state index >= 15 is 0 Å². The van der Waals surface area contributed by atoms with Gasteiger partial charge in [0.05, 0.1) is 11.7 Å². The van der Waals surface area contributed by atoms with Crippen molar-refractivity contribution in [2.45, 2.75) is 32.9 Å². The predicted octanol–water partition coefficient (Wildman–Crippen LogP) is 0.885. The number of hydrogen-bond acceptors (Lipinski definition) is 5. The van der Waals surface area contributed by atoms with Crippen LogP contribution in [0.15, 0.2) is 5.38 Å². The SMILES string of the molecule is CC(C)C[C@H]1C(=O)NCCN1Cc1csnn1. The van der Waals surface area contributed by atoms with Crippen molar-refractivity contribution in [3.05, 3.63) is 11.1 Å². The van der Waals surface area contributed by atoms with Gasteiger partial charge in [-0.3, -0.25) is 9.69 Å². The molecule has 5 nitrogen and oxygen atoms in total. The van der Waals surface area contributed by atoms with Gasteiger partial charge in [-0.05, 0) is 23.9 Å². The van der Waals surface area contributed by atoms with E-state index < -0.39 is 0 Å². The number of nitrogens with zero attached hydrogens (tertiary/aromatic N) is 3. The Labute approximate surface area is 105 Å². The molecule has 6 heteroatoms. The average molecular weight is 254 g/mol. The summed E-state index contributed by atoms with van der Waals surface area (Å²) in [5, 5.41) is 8.92. The second-order valence-electron chi connectivity index (χ2n) is 4.80. The van der Waals surface area contributed by atoms with E-state index in [9.17, 15) is 4.79 Å². The lowest BCUT2D eigenvalue weighted by molar-refractivity contribution is -0.130. The number of carbonyl (C=O) groups excluding carboxylic acids is 1. The fourth-order valence-electron chi connectivity index (χ4n) is 2.12. The molecule has 0 spiro atoms. The second kappa shape index (κ2) is 5.55. The Morgan fingerprint density at radius 2 is 2.47 bits per heavy atom. The van der Waals surface area contributed by atoms with Crippen LogP contribution in [0.25, 0.3) is 0 Å². The van der Waals surface area contributed by atoms with Crippen LogP contribution in [0.1, 0.15) is 26.0 Å². The van der Waals surface area contributed by atoms with E-state index in [1.807, 2.05) is 5.38 Å². The normalized spacial score (nSPS) is 21.8. The molecule has 1 aromatic rings. The maximum atomic E-state index is 11.9. The molecule has 1 saturated heterocycles. The summed E-state index contributed by atoms with van der Waals surface area (Å²) in [5.41, 5.74) is 0.957. The average Bonchev–Trinajstić information content (AvgIpc) is 2.75. The Morgan fingerprint density at radius 3 is 3.12 bits per heavy atom. The van der Waals surface area contributed by atoms with Gasteiger partial charge < -0.3 is 5.32 Å². The molecule has 0 aliphatic carbocycles. The number of carbonyl (C=O) groups is 1. The zero-order chi connectivity index (χ0) is 12.3. The number of aromatic nitrogens is 2. The molecule has 1 aliphatic rings. The number of nitrogens with one attached hydrogen (secondary N) is 1.